The molecule has 1 aliphatic rings. The molecule has 1 aromatic heterocycles. The Hall–Kier alpha value is -5.44. The van der Waals surface area contributed by atoms with Crippen LogP contribution in [0.5, 0.6) is 5.75 Å². The summed E-state index contributed by atoms with van der Waals surface area (Å²) in [5, 5.41) is 24.6. The van der Waals surface area contributed by atoms with Crippen molar-refractivity contribution in [2.24, 2.45) is 10.7 Å². The van der Waals surface area contributed by atoms with E-state index < -0.39 is 53.8 Å². The highest BCUT2D eigenvalue weighted by Gasteiger charge is 2.56. The van der Waals surface area contributed by atoms with E-state index in [0.717, 1.165) is 12.1 Å². The Balaban J connectivity index is 1.38. The molecule has 3 aromatic carbocycles. The van der Waals surface area contributed by atoms with Crippen LogP contribution >= 0.6 is 0 Å². The summed E-state index contributed by atoms with van der Waals surface area (Å²) >= 11 is 0. The molecule has 3 atom stereocenters. The molecule has 4 aromatic rings. The Kier molecular flexibility index (Phi) is 10.2. The highest BCUT2D eigenvalue weighted by molar-refractivity contribution is 6.13. The van der Waals surface area contributed by atoms with Crippen LogP contribution in [0.25, 0.3) is 16.6 Å². The number of nitrogens with two attached hydrogens (primary N) is 1. The lowest BCUT2D eigenvalue weighted by atomic mass is 9.74. The standard InChI is InChI=1S/C36H39F4N7O4/c1-20-14-27(44-19-35(50,36(38,39)40)18-34(3,4)26-16-23(37)8-11-29(26)51-5)25-17-45-47(28(25)15-20)24-9-6-22(7-10-24)33(49)46-31(32(41)48)30-21(2)42-12-13-43-30/h6-17,21,31,42,44,50H,18-19H2,1-5H3,(H2,41,48)(H,46,49). The fourth-order valence-electron chi connectivity index (χ4n) is 6.25. The summed E-state index contributed by atoms with van der Waals surface area (Å²) in [5.74, 6) is -1.76. The number of aryl methyl sites for hydroxylation is 1. The topological polar surface area (TPSA) is 156 Å². The van der Waals surface area contributed by atoms with Crippen molar-refractivity contribution >= 4 is 34.1 Å². The van der Waals surface area contributed by atoms with Crippen molar-refractivity contribution in [3.05, 3.63) is 95.7 Å². The number of alkyl halides is 3. The van der Waals surface area contributed by atoms with Crippen LogP contribution in [0.2, 0.25) is 0 Å². The number of nitrogens with one attached hydrogen (secondary N) is 3. The van der Waals surface area contributed by atoms with Gasteiger partial charge in [0.25, 0.3) is 5.91 Å². The number of fused-ring (bicyclic) bond motifs is 1. The number of hydrogen-bond acceptors (Lipinski definition) is 8. The number of nitrogens with zero attached hydrogens (tertiary/aromatic N) is 3. The monoisotopic (exact) mass is 709 g/mol. The van der Waals surface area contributed by atoms with Crippen LogP contribution in [0.4, 0.5) is 23.2 Å². The van der Waals surface area contributed by atoms with E-state index in [9.17, 15) is 32.3 Å². The third-order valence-corrected chi connectivity index (χ3v) is 8.87. The van der Waals surface area contributed by atoms with Crippen LogP contribution in [0.15, 0.2) is 78.2 Å². The summed E-state index contributed by atoms with van der Waals surface area (Å²) in [6.07, 6.45) is -1.28. The Morgan fingerprint density at radius 1 is 1.12 bits per heavy atom. The van der Waals surface area contributed by atoms with Crippen LogP contribution in [-0.4, -0.2) is 69.9 Å². The van der Waals surface area contributed by atoms with Crippen molar-refractivity contribution in [2.75, 3.05) is 19.0 Å². The van der Waals surface area contributed by atoms with Crippen molar-refractivity contribution < 1.29 is 37.0 Å². The number of primary amides is 1. The minimum atomic E-state index is -5.05. The number of benzene rings is 3. The minimum absolute atomic E-state index is 0.186. The summed E-state index contributed by atoms with van der Waals surface area (Å²) in [6, 6.07) is 11.9. The van der Waals surface area contributed by atoms with E-state index >= 15 is 0 Å². The number of carbonyl (C=O) groups excluding carboxylic acids is 2. The summed E-state index contributed by atoms with van der Waals surface area (Å²) in [5.41, 5.74) is 3.87. The highest BCUT2D eigenvalue weighted by Crippen LogP contribution is 2.44. The van der Waals surface area contributed by atoms with Gasteiger partial charge in [-0.2, -0.15) is 18.3 Å². The maximum Gasteiger partial charge on any atom is 0.418 e. The number of anilines is 1. The van der Waals surface area contributed by atoms with E-state index in [4.69, 9.17) is 10.5 Å². The molecule has 0 fully saturated rings. The molecule has 270 valence electrons. The van der Waals surface area contributed by atoms with Crippen LogP contribution < -0.4 is 26.4 Å². The second-order valence-electron chi connectivity index (χ2n) is 13.2. The number of carbonyl (C=O) groups is 2. The average molecular weight is 710 g/mol. The molecule has 6 N–H and O–H groups in total. The van der Waals surface area contributed by atoms with Crippen molar-refractivity contribution in [3.63, 3.8) is 0 Å². The molecule has 0 spiro atoms. The number of hydrogen-bond donors (Lipinski definition) is 5. The van der Waals surface area contributed by atoms with Crippen molar-refractivity contribution in [1.29, 1.82) is 0 Å². The molecule has 5 rings (SSSR count). The molecule has 11 nitrogen and oxygen atoms in total. The van der Waals surface area contributed by atoms with Crippen molar-refractivity contribution in [3.8, 4) is 11.4 Å². The smallest absolute Gasteiger partial charge is 0.418 e. The van der Waals surface area contributed by atoms with E-state index in [-0.39, 0.29) is 22.9 Å². The first-order valence-electron chi connectivity index (χ1n) is 16.0. The van der Waals surface area contributed by atoms with Crippen LogP contribution in [0, 0.1) is 12.7 Å². The fourth-order valence-corrected chi connectivity index (χ4v) is 6.25. The number of aliphatic imine (C=N–C) groups is 1. The number of amides is 2. The molecule has 0 bridgehead atoms. The van der Waals surface area contributed by atoms with Gasteiger partial charge in [-0.3, -0.25) is 14.6 Å². The summed E-state index contributed by atoms with van der Waals surface area (Å²) in [7, 11) is 1.34. The van der Waals surface area contributed by atoms with E-state index in [1.165, 1.54) is 51.6 Å². The number of halogens is 4. The molecular weight excluding hydrogens is 670 g/mol. The van der Waals surface area contributed by atoms with Gasteiger partial charge >= 0.3 is 6.18 Å². The lowest BCUT2D eigenvalue weighted by Crippen LogP contribution is -2.55. The Labute approximate surface area is 291 Å². The zero-order valence-electron chi connectivity index (χ0n) is 28.6. The summed E-state index contributed by atoms with van der Waals surface area (Å²) in [4.78, 5) is 29.5. The van der Waals surface area contributed by atoms with Gasteiger partial charge < -0.3 is 31.5 Å². The van der Waals surface area contributed by atoms with Crippen LogP contribution in [0.3, 0.4) is 0 Å². The first-order valence-corrected chi connectivity index (χ1v) is 16.0. The number of methoxy groups -OCH3 is 1. The minimum Gasteiger partial charge on any atom is -0.496 e. The predicted octanol–water partition coefficient (Wildman–Crippen LogP) is 5.04. The van der Waals surface area contributed by atoms with Gasteiger partial charge in [-0.25, -0.2) is 9.07 Å². The molecule has 51 heavy (non-hydrogen) atoms. The van der Waals surface area contributed by atoms with E-state index in [0.29, 0.717) is 33.6 Å². The first kappa shape index (κ1) is 36.8. The first-order chi connectivity index (χ1) is 23.9. The van der Waals surface area contributed by atoms with E-state index in [1.807, 2.05) is 0 Å². The summed E-state index contributed by atoms with van der Waals surface area (Å²) < 4.78 is 64.7. The molecule has 2 amide bonds. The lowest BCUT2D eigenvalue weighted by Gasteiger charge is -2.38. The van der Waals surface area contributed by atoms with Gasteiger partial charge in [-0.1, -0.05) is 13.8 Å². The fraction of sp³-hybridized carbons (Fsp3) is 0.333. The number of rotatable bonds is 12. The molecule has 3 unspecified atom stereocenters. The Morgan fingerprint density at radius 2 is 1.82 bits per heavy atom. The molecule has 0 aliphatic carbocycles. The van der Waals surface area contributed by atoms with E-state index in [1.54, 1.807) is 49.0 Å². The molecular formula is C36H39F4N7O4. The zero-order valence-corrected chi connectivity index (χ0v) is 28.6. The third kappa shape index (κ3) is 7.67. The van der Waals surface area contributed by atoms with Crippen LogP contribution in [-0.2, 0) is 10.2 Å². The second-order valence-corrected chi connectivity index (χ2v) is 13.2. The van der Waals surface area contributed by atoms with Gasteiger partial charge in [0.15, 0.2) is 5.60 Å². The molecule has 15 heteroatoms. The van der Waals surface area contributed by atoms with Crippen molar-refractivity contribution in [1.82, 2.24) is 20.4 Å². The maximum atomic E-state index is 14.6. The largest absolute Gasteiger partial charge is 0.496 e. The highest BCUT2D eigenvalue weighted by atomic mass is 19.4. The lowest BCUT2D eigenvalue weighted by molar-refractivity contribution is -0.260. The SMILES string of the molecule is COc1ccc(F)cc1C(C)(C)CC(O)(CNc1cc(C)cc2c1cnn2-c1ccc(C(=O)NC(C(N)=O)C2=NC=CNC2C)cc1)C(F)(F)F. The van der Waals surface area contributed by atoms with Gasteiger partial charge in [0, 0.05) is 34.6 Å². The zero-order chi connectivity index (χ0) is 37.3. The van der Waals surface area contributed by atoms with Crippen LogP contribution in [0.1, 0.15) is 48.7 Å². The van der Waals surface area contributed by atoms with Gasteiger partial charge in [-0.05, 0) is 85.8 Å². The molecule has 0 saturated heterocycles. The van der Waals surface area contributed by atoms with Gasteiger partial charge in [0.1, 0.15) is 17.6 Å². The maximum absolute atomic E-state index is 14.6. The molecule has 0 saturated carbocycles. The Morgan fingerprint density at radius 3 is 2.45 bits per heavy atom. The quantitative estimate of drug-likeness (QED) is 0.129. The normalized spacial score (nSPS) is 16.5. The van der Waals surface area contributed by atoms with Crippen molar-refractivity contribution in [2.45, 2.75) is 63.4 Å². The third-order valence-electron chi connectivity index (χ3n) is 8.87. The van der Waals surface area contributed by atoms with Gasteiger partial charge in [0.2, 0.25) is 5.91 Å². The predicted molar refractivity (Wildman–Crippen MR) is 186 cm³/mol. The van der Waals surface area contributed by atoms with Gasteiger partial charge in [-0.15, -0.1) is 0 Å². The Bertz CT molecular complexity index is 2010. The van der Waals surface area contributed by atoms with E-state index in [2.05, 4.69) is 26.0 Å². The molecule has 1 aliphatic heterocycles. The molecule has 2 heterocycles. The second kappa shape index (κ2) is 14.1. The number of ether oxygens (including phenoxy) is 1. The number of aliphatic hydroxyl groups is 1. The number of aromatic nitrogens is 2. The molecule has 0 radical (unpaired) electrons. The van der Waals surface area contributed by atoms with Gasteiger partial charge in [0.05, 0.1) is 42.8 Å². The average Bonchev–Trinajstić information content (AvgIpc) is 3.49. The summed E-state index contributed by atoms with van der Waals surface area (Å²) in [6.45, 7) is 5.61.